The zero-order valence-electron chi connectivity index (χ0n) is 10.5. The number of halogens is 4. The van der Waals surface area contributed by atoms with Crippen LogP contribution in [-0.2, 0) is 0 Å². The summed E-state index contributed by atoms with van der Waals surface area (Å²) in [5, 5.41) is 0. The van der Waals surface area contributed by atoms with Gasteiger partial charge in [-0.25, -0.2) is 17.6 Å². The Bertz CT molecular complexity index is 647. The van der Waals surface area contributed by atoms with Gasteiger partial charge in [0.05, 0.1) is 7.11 Å². The number of methoxy groups -OCH3 is 1. The van der Waals surface area contributed by atoms with Crippen LogP contribution in [0, 0.1) is 11.6 Å². The standard InChI is InChI=1S/C15H10F4O/c1-20-11-5-2-9(3-6-11)14(18)15(19)10-4-7-12(16)13(17)8-10/h2-8H,1H3/b15-14+. The van der Waals surface area contributed by atoms with Crippen LogP contribution >= 0.6 is 0 Å². The number of hydrogen-bond donors (Lipinski definition) is 0. The number of rotatable bonds is 3. The molecule has 0 bridgehead atoms. The third-order valence-electron chi connectivity index (χ3n) is 2.71. The minimum Gasteiger partial charge on any atom is -0.497 e. The van der Waals surface area contributed by atoms with E-state index in [1.807, 2.05) is 0 Å². The summed E-state index contributed by atoms with van der Waals surface area (Å²) in [4.78, 5) is 0. The van der Waals surface area contributed by atoms with Gasteiger partial charge in [0, 0.05) is 11.1 Å². The monoisotopic (exact) mass is 282 g/mol. The molecule has 104 valence electrons. The van der Waals surface area contributed by atoms with Crippen LogP contribution in [0.2, 0.25) is 0 Å². The van der Waals surface area contributed by atoms with E-state index < -0.39 is 23.3 Å². The zero-order chi connectivity index (χ0) is 14.7. The molecule has 1 nitrogen and oxygen atoms in total. The van der Waals surface area contributed by atoms with E-state index >= 15 is 0 Å². The third kappa shape index (κ3) is 2.82. The summed E-state index contributed by atoms with van der Waals surface area (Å²) in [6.45, 7) is 0. The van der Waals surface area contributed by atoms with Crippen molar-refractivity contribution in [3.63, 3.8) is 0 Å². The fourth-order valence-electron chi connectivity index (χ4n) is 1.62. The predicted octanol–water partition coefficient (Wildman–Crippen LogP) is 4.74. The molecule has 2 aromatic rings. The maximum absolute atomic E-state index is 13.9. The average molecular weight is 282 g/mol. The lowest BCUT2D eigenvalue weighted by molar-refractivity contribution is 0.414. The summed E-state index contributed by atoms with van der Waals surface area (Å²) < 4.78 is 58.5. The second-order valence-corrected chi connectivity index (χ2v) is 3.99. The van der Waals surface area contributed by atoms with Crippen molar-refractivity contribution in [1.82, 2.24) is 0 Å². The topological polar surface area (TPSA) is 9.23 Å². The van der Waals surface area contributed by atoms with Crippen LogP contribution in [-0.4, -0.2) is 7.11 Å². The molecule has 0 aliphatic heterocycles. The summed E-state index contributed by atoms with van der Waals surface area (Å²) in [7, 11) is 1.45. The van der Waals surface area contributed by atoms with Crippen LogP contribution in [0.4, 0.5) is 17.6 Å². The zero-order valence-corrected chi connectivity index (χ0v) is 10.5. The molecule has 20 heavy (non-hydrogen) atoms. The van der Waals surface area contributed by atoms with Gasteiger partial charge in [-0.3, -0.25) is 0 Å². The van der Waals surface area contributed by atoms with Gasteiger partial charge in [-0.05, 0) is 42.5 Å². The van der Waals surface area contributed by atoms with Crippen LogP contribution in [0.1, 0.15) is 11.1 Å². The molecule has 0 saturated heterocycles. The molecule has 0 aliphatic rings. The lowest BCUT2D eigenvalue weighted by Gasteiger charge is -2.04. The van der Waals surface area contributed by atoms with Crippen LogP contribution in [0.3, 0.4) is 0 Å². The predicted molar refractivity (Wildman–Crippen MR) is 68.4 cm³/mol. The summed E-state index contributed by atoms with van der Waals surface area (Å²) in [5.74, 6) is -4.27. The maximum atomic E-state index is 13.9. The molecule has 2 rings (SSSR count). The first-order valence-corrected chi connectivity index (χ1v) is 5.68. The van der Waals surface area contributed by atoms with Crippen molar-refractivity contribution >= 4 is 11.7 Å². The second kappa shape index (κ2) is 5.77. The van der Waals surface area contributed by atoms with Gasteiger partial charge in [0.1, 0.15) is 5.75 Å². The molecule has 0 radical (unpaired) electrons. The van der Waals surface area contributed by atoms with Crippen molar-refractivity contribution < 1.29 is 22.3 Å². The van der Waals surface area contributed by atoms with E-state index in [2.05, 4.69) is 0 Å². The van der Waals surface area contributed by atoms with Crippen molar-refractivity contribution in [3.05, 3.63) is 65.2 Å². The van der Waals surface area contributed by atoms with Gasteiger partial charge in [-0.2, -0.15) is 0 Å². The van der Waals surface area contributed by atoms with Crippen molar-refractivity contribution in [2.45, 2.75) is 0 Å². The Morgan fingerprint density at radius 2 is 1.35 bits per heavy atom. The molecule has 0 unspecified atom stereocenters. The smallest absolute Gasteiger partial charge is 0.166 e. The van der Waals surface area contributed by atoms with Gasteiger partial charge in [-0.15, -0.1) is 0 Å². The van der Waals surface area contributed by atoms with Crippen LogP contribution in [0.15, 0.2) is 42.5 Å². The highest BCUT2D eigenvalue weighted by Gasteiger charge is 2.13. The highest BCUT2D eigenvalue weighted by atomic mass is 19.2. The molecule has 0 amide bonds. The van der Waals surface area contributed by atoms with Crippen LogP contribution in [0.25, 0.3) is 11.7 Å². The largest absolute Gasteiger partial charge is 0.497 e. The van der Waals surface area contributed by atoms with E-state index in [0.29, 0.717) is 11.8 Å². The van der Waals surface area contributed by atoms with E-state index in [1.165, 1.54) is 31.4 Å². The van der Waals surface area contributed by atoms with Gasteiger partial charge in [-0.1, -0.05) is 0 Å². The molecule has 5 heteroatoms. The summed E-state index contributed by atoms with van der Waals surface area (Å²) in [6, 6.07) is 7.90. The van der Waals surface area contributed by atoms with Gasteiger partial charge >= 0.3 is 0 Å². The van der Waals surface area contributed by atoms with Crippen molar-refractivity contribution in [1.29, 1.82) is 0 Å². The van der Waals surface area contributed by atoms with Gasteiger partial charge < -0.3 is 4.74 Å². The molecular weight excluding hydrogens is 272 g/mol. The maximum Gasteiger partial charge on any atom is 0.166 e. The Hall–Kier alpha value is -2.30. The van der Waals surface area contributed by atoms with Gasteiger partial charge in [0.15, 0.2) is 23.3 Å². The second-order valence-electron chi connectivity index (χ2n) is 3.99. The normalized spacial score (nSPS) is 12.1. The SMILES string of the molecule is COc1ccc(/C(F)=C(\F)c2ccc(F)c(F)c2)cc1. The minimum atomic E-state index is -1.26. The summed E-state index contributed by atoms with van der Waals surface area (Å²) >= 11 is 0. The molecule has 0 N–H and O–H groups in total. The van der Waals surface area contributed by atoms with Gasteiger partial charge in [0.25, 0.3) is 0 Å². The van der Waals surface area contributed by atoms with Gasteiger partial charge in [0.2, 0.25) is 0 Å². The Labute approximate surface area is 113 Å². The fraction of sp³-hybridized carbons (Fsp3) is 0.0667. The molecule has 0 atom stereocenters. The fourth-order valence-corrected chi connectivity index (χ4v) is 1.62. The molecule has 0 fully saturated rings. The minimum absolute atomic E-state index is 0.0203. The van der Waals surface area contributed by atoms with E-state index in [0.717, 1.165) is 12.1 Å². The molecular formula is C15H10F4O. The first kappa shape index (κ1) is 14.1. The first-order chi connectivity index (χ1) is 9.52. The molecule has 0 saturated carbocycles. The average Bonchev–Trinajstić information content (AvgIpc) is 2.48. The molecule has 2 aromatic carbocycles. The lowest BCUT2D eigenvalue weighted by Crippen LogP contribution is -1.89. The molecule has 0 heterocycles. The van der Waals surface area contributed by atoms with Crippen molar-refractivity contribution in [2.75, 3.05) is 7.11 Å². The van der Waals surface area contributed by atoms with Crippen molar-refractivity contribution in [3.8, 4) is 5.75 Å². The summed E-state index contributed by atoms with van der Waals surface area (Å²) in [5.41, 5.74) is -0.384. The highest BCUT2D eigenvalue weighted by molar-refractivity contribution is 5.83. The highest BCUT2D eigenvalue weighted by Crippen LogP contribution is 2.30. The Morgan fingerprint density at radius 1 is 0.800 bits per heavy atom. The summed E-state index contributed by atoms with van der Waals surface area (Å²) in [6.07, 6.45) is 0. The Balaban J connectivity index is 2.40. The first-order valence-electron chi connectivity index (χ1n) is 5.68. The van der Waals surface area contributed by atoms with Crippen LogP contribution < -0.4 is 4.74 Å². The Morgan fingerprint density at radius 3 is 1.90 bits per heavy atom. The van der Waals surface area contributed by atoms with Crippen LogP contribution in [0.5, 0.6) is 5.75 Å². The lowest BCUT2D eigenvalue weighted by atomic mass is 10.1. The quantitative estimate of drug-likeness (QED) is 0.583. The Kier molecular flexibility index (Phi) is 4.08. The van der Waals surface area contributed by atoms with E-state index in [-0.39, 0.29) is 11.1 Å². The van der Waals surface area contributed by atoms with E-state index in [9.17, 15) is 17.6 Å². The molecule has 0 aliphatic carbocycles. The van der Waals surface area contributed by atoms with E-state index in [1.54, 1.807) is 0 Å². The van der Waals surface area contributed by atoms with E-state index in [4.69, 9.17) is 4.74 Å². The van der Waals surface area contributed by atoms with Crippen molar-refractivity contribution in [2.24, 2.45) is 0 Å². The third-order valence-corrected chi connectivity index (χ3v) is 2.71. The number of ether oxygens (including phenoxy) is 1. The number of hydrogen-bond acceptors (Lipinski definition) is 1. The number of benzene rings is 2. The molecule has 0 spiro atoms. The molecule has 0 aromatic heterocycles.